The lowest BCUT2D eigenvalue weighted by atomic mass is 10.0. The van der Waals surface area contributed by atoms with Gasteiger partial charge in [0.2, 0.25) is 10.0 Å². The zero-order valence-corrected chi connectivity index (χ0v) is 20.0. The van der Waals surface area contributed by atoms with Crippen LogP contribution in [0.2, 0.25) is 5.02 Å². The molecule has 32 heavy (non-hydrogen) atoms. The van der Waals surface area contributed by atoms with Crippen molar-refractivity contribution in [2.75, 3.05) is 18.4 Å². The van der Waals surface area contributed by atoms with E-state index in [0.717, 1.165) is 23.3 Å². The van der Waals surface area contributed by atoms with E-state index in [2.05, 4.69) is 17.2 Å². The molecule has 0 saturated carbocycles. The summed E-state index contributed by atoms with van der Waals surface area (Å²) in [7, 11) is -3.53. The van der Waals surface area contributed by atoms with Crippen molar-refractivity contribution in [2.45, 2.75) is 31.1 Å². The fourth-order valence-corrected chi connectivity index (χ4v) is 6.01. The van der Waals surface area contributed by atoms with Crippen LogP contribution < -0.4 is 5.32 Å². The molecule has 0 unspecified atom stereocenters. The Kier molecular flexibility index (Phi) is 6.95. The van der Waals surface area contributed by atoms with Crippen LogP contribution in [0.15, 0.2) is 59.6 Å². The van der Waals surface area contributed by atoms with Crippen molar-refractivity contribution >= 4 is 44.0 Å². The summed E-state index contributed by atoms with van der Waals surface area (Å²) in [6, 6.07) is 13.7. The number of halogens is 1. The normalized spacial score (nSPS) is 15.6. The molecule has 1 aliphatic heterocycles. The van der Waals surface area contributed by atoms with Gasteiger partial charge in [-0.05, 0) is 60.7 Å². The maximum atomic E-state index is 12.8. The Morgan fingerprint density at radius 1 is 1.12 bits per heavy atom. The van der Waals surface area contributed by atoms with Crippen molar-refractivity contribution in [3.63, 3.8) is 0 Å². The lowest BCUT2D eigenvalue weighted by Crippen LogP contribution is -2.37. The van der Waals surface area contributed by atoms with Gasteiger partial charge in [-0.3, -0.25) is 10.1 Å². The number of sulfonamides is 1. The third-order valence-corrected chi connectivity index (χ3v) is 8.64. The first-order valence-corrected chi connectivity index (χ1v) is 13.1. The van der Waals surface area contributed by atoms with Gasteiger partial charge >= 0.3 is 0 Å². The van der Waals surface area contributed by atoms with Crippen molar-refractivity contribution in [3.8, 4) is 0 Å². The summed E-state index contributed by atoms with van der Waals surface area (Å²) in [6.07, 6.45) is 4.18. The lowest BCUT2D eigenvalue weighted by molar-refractivity contribution is 0.102. The maximum absolute atomic E-state index is 12.8. The van der Waals surface area contributed by atoms with Gasteiger partial charge in [0, 0.05) is 41.2 Å². The molecular formula is C23H24ClN3O3S2. The quantitative estimate of drug-likeness (QED) is 0.524. The molecule has 0 atom stereocenters. The van der Waals surface area contributed by atoms with E-state index in [4.69, 9.17) is 11.6 Å². The predicted octanol–water partition coefficient (Wildman–Crippen LogP) is 5.06. The fraction of sp³-hybridized carbons (Fsp3) is 0.304. The van der Waals surface area contributed by atoms with Crippen LogP contribution in [0.5, 0.6) is 0 Å². The Balaban J connectivity index is 1.39. The maximum Gasteiger partial charge on any atom is 0.257 e. The van der Waals surface area contributed by atoms with Crippen LogP contribution in [-0.2, 0) is 16.4 Å². The summed E-state index contributed by atoms with van der Waals surface area (Å²) in [5.41, 5.74) is 1.49. The number of carbonyl (C=O) groups is 1. The number of anilines is 1. The predicted molar refractivity (Wildman–Crippen MR) is 128 cm³/mol. The molecule has 6 nitrogen and oxygen atoms in total. The molecular weight excluding hydrogens is 466 g/mol. The average molecular weight is 490 g/mol. The minimum Gasteiger partial charge on any atom is -0.298 e. The largest absolute Gasteiger partial charge is 0.298 e. The zero-order valence-electron chi connectivity index (χ0n) is 17.6. The van der Waals surface area contributed by atoms with Crippen molar-refractivity contribution in [2.24, 2.45) is 5.92 Å². The highest BCUT2D eigenvalue weighted by molar-refractivity contribution is 7.89. The average Bonchev–Trinajstić information content (AvgIpc) is 3.22. The van der Waals surface area contributed by atoms with Crippen LogP contribution in [-0.4, -0.2) is 36.7 Å². The lowest BCUT2D eigenvalue weighted by Gasteiger charge is -2.29. The summed E-state index contributed by atoms with van der Waals surface area (Å²) in [5, 5.41) is 3.98. The number of hydrogen-bond acceptors (Lipinski definition) is 5. The number of benzene rings is 2. The molecule has 0 bridgehead atoms. The van der Waals surface area contributed by atoms with E-state index in [1.54, 1.807) is 6.20 Å². The molecule has 1 N–H and O–H groups in total. The number of piperidine rings is 1. The topological polar surface area (TPSA) is 79.4 Å². The molecule has 9 heteroatoms. The molecule has 1 aliphatic rings. The Hall–Kier alpha value is -2.26. The van der Waals surface area contributed by atoms with Crippen molar-refractivity contribution < 1.29 is 13.2 Å². The monoisotopic (exact) mass is 489 g/mol. The number of carbonyl (C=O) groups excluding carboxylic acids is 1. The molecule has 2 aromatic carbocycles. The standard InChI is InChI=1S/C23H24ClN3O3S2/c1-16-10-12-27(13-11-16)32(29,30)21-8-4-18(5-9-21)22(28)26-23-25-15-20(31-23)14-17-2-6-19(24)7-3-17/h2-9,15-16H,10-14H2,1H3,(H,25,26,28). The molecule has 0 aliphatic carbocycles. The fourth-order valence-electron chi connectivity index (χ4n) is 3.57. The van der Waals surface area contributed by atoms with Crippen LogP contribution in [0.3, 0.4) is 0 Å². The highest BCUT2D eigenvalue weighted by atomic mass is 35.5. The summed E-state index contributed by atoms with van der Waals surface area (Å²) in [5.74, 6) is 0.221. The molecule has 4 rings (SSSR count). The van der Waals surface area contributed by atoms with Crippen LogP contribution >= 0.6 is 22.9 Å². The van der Waals surface area contributed by atoms with Crippen molar-refractivity contribution in [1.29, 1.82) is 0 Å². The third-order valence-electron chi connectivity index (χ3n) is 5.56. The number of thiazole rings is 1. The smallest absolute Gasteiger partial charge is 0.257 e. The van der Waals surface area contributed by atoms with Gasteiger partial charge in [0.05, 0.1) is 4.90 Å². The molecule has 1 fully saturated rings. The van der Waals surface area contributed by atoms with Crippen LogP contribution in [0, 0.1) is 5.92 Å². The first kappa shape index (κ1) is 22.9. The second kappa shape index (κ2) is 9.70. The molecule has 3 aromatic rings. The first-order chi connectivity index (χ1) is 15.3. The number of rotatable bonds is 6. The van der Waals surface area contributed by atoms with Crippen molar-refractivity contribution in [1.82, 2.24) is 9.29 Å². The van der Waals surface area contributed by atoms with E-state index in [1.165, 1.54) is 39.9 Å². The van der Waals surface area contributed by atoms with E-state index in [-0.39, 0.29) is 10.8 Å². The Morgan fingerprint density at radius 2 is 1.78 bits per heavy atom. The zero-order chi connectivity index (χ0) is 22.7. The van der Waals surface area contributed by atoms with Crippen LogP contribution in [0.25, 0.3) is 0 Å². The summed E-state index contributed by atoms with van der Waals surface area (Å²) in [6.45, 7) is 3.21. The number of nitrogens with zero attached hydrogens (tertiary/aromatic N) is 2. The second-order valence-corrected chi connectivity index (χ2v) is 11.5. The van der Waals surface area contributed by atoms with Gasteiger partial charge in [-0.1, -0.05) is 30.7 Å². The van der Waals surface area contributed by atoms with Gasteiger partial charge in [-0.2, -0.15) is 4.31 Å². The SMILES string of the molecule is CC1CCN(S(=O)(=O)c2ccc(C(=O)Nc3ncc(Cc4ccc(Cl)cc4)s3)cc2)CC1. The highest BCUT2D eigenvalue weighted by Crippen LogP contribution is 2.25. The van der Waals surface area contributed by atoms with E-state index in [1.807, 2.05) is 24.3 Å². The van der Waals surface area contributed by atoms with Gasteiger partial charge in [0.1, 0.15) is 0 Å². The molecule has 0 spiro atoms. The first-order valence-electron chi connectivity index (χ1n) is 10.4. The molecule has 2 heterocycles. The van der Waals surface area contributed by atoms with Gasteiger partial charge in [-0.15, -0.1) is 11.3 Å². The summed E-state index contributed by atoms with van der Waals surface area (Å²) < 4.78 is 27.2. The van der Waals surface area contributed by atoms with E-state index in [0.29, 0.717) is 41.1 Å². The summed E-state index contributed by atoms with van der Waals surface area (Å²) in [4.78, 5) is 18.1. The Labute approximate surface area is 197 Å². The Bertz CT molecular complexity index is 1180. The van der Waals surface area contributed by atoms with Gasteiger partial charge in [0.25, 0.3) is 5.91 Å². The van der Waals surface area contributed by atoms with Gasteiger partial charge in [-0.25, -0.2) is 13.4 Å². The molecule has 1 amide bonds. The number of hydrogen-bond donors (Lipinski definition) is 1. The number of nitrogens with one attached hydrogen (secondary N) is 1. The number of aromatic nitrogens is 1. The van der Waals surface area contributed by atoms with E-state index in [9.17, 15) is 13.2 Å². The molecule has 168 valence electrons. The second-order valence-electron chi connectivity index (χ2n) is 8.00. The minimum absolute atomic E-state index is 0.211. The van der Waals surface area contributed by atoms with Gasteiger partial charge < -0.3 is 0 Å². The highest BCUT2D eigenvalue weighted by Gasteiger charge is 2.28. The van der Waals surface area contributed by atoms with E-state index < -0.39 is 10.0 Å². The number of amides is 1. The molecule has 0 radical (unpaired) electrons. The minimum atomic E-state index is -3.53. The van der Waals surface area contributed by atoms with Gasteiger partial charge in [0.15, 0.2) is 5.13 Å². The van der Waals surface area contributed by atoms with Crippen molar-refractivity contribution in [3.05, 3.63) is 75.8 Å². The molecule has 1 aromatic heterocycles. The molecule has 1 saturated heterocycles. The Morgan fingerprint density at radius 3 is 2.44 bits per heavy atom. The summed E-state index contributed by atoms with van der Waals surface area (Å²) >= 11 is 7.32. The van der Waals surface area contributed by atoms with Crippen LogP contribution in [0.4, 0.5) is 5.13 Å². The van der Waals surface area contributed by atoms with Crippen LogP contribution in [0.1, 0.15) is 40.6 Å². The third kappa shape index (κ3) is 5.38. The van der Waals surface area contributed by atoms with E-state index >= 15 is 0 Å².